The Morgan fingerprint density at radius 2 is 1.80 bits per heavy atom. The highest BCUT2D eigenvalue weighted by molar-refractivity contribution is 5.40. The van der Waals surface area contributed by atoms with Gasteiger partial charge < -0.3 is 18.7 Å². The van der Waals surface area contributed by atoms with Crippen LogP contribution >= 0.6 is 0 Å². The van der Waals surface area contributed by atoms with Gasteiger partial charge in [-0.1, -0.05) is 23.4 Å². The maximum Gasteiger partial charge on any atom is 0.271 e. The molecule has 0 saturated heterocycles. The van der Waals surface area contributed by atoms with E-state index in [2.05, 4.69) is 10.1 Å². The predicted molar refractivity (Wildman–Crippen MR) is 80.3 cm³/mol. The van der Waals surface area contributed by atoms with E-state index in [4.69, 9.17) is 18.7 Å². The van der Waals surface area contributed by atoms with E-state index in [1.54, 1.807) is 12.1 Å². The van der Waals surface area contributed by atoms with E-state index in [-0.39, 0.29) is 24.9 Å². The predicted octanol–water partition coefficient (Wildman–Crippen LogP) is 3.44. The quantitative estimate of drug-likeness (QED) is 0.721. The first-order chi connectivity index (χ1) is 12.2. The zero-order valence-corrected chi connectivity index (χ0v) is 12.8. The third-order valence-corrected chi connectivity index (χ3v) is 3.53. The number of para-hydroxylation sites is 3. The summed E-state index contributed by atoms with van der Waals surface area (Å²) in [5.41, 5.74) is 0. The summed E-state index contributed by atoms with van der Waals surface area (Å²) in [6.45, 7) is -0.0348. The summed E-state index contributed by atoms with van der Waals surface area (Å²) < 4.78 is 48.6. The largest absolute Gasteiger partial charge is 0.485 e. The molecule has 6 nitrogen and oxygen atoms in total. The second-order valence-electron chi connectivity index (χ2n) is 5.25. The highest BCUT2D eigenvalue weighted by atomic mass is 19.1. The standard InChI is InChI=1S/C17H12F2N2O4/c18-10-4-3-5-11(19)16(10)23-9-15-20-17(25-21-15)14-8-22-12-6-1-2-7-13(12)24-14/h1-7,14H,8-9H2/t14-/m1/s1. The van der Waals surface area contributed by atoms with Gasteiger partial charge in [-0.15, -0.1) is 0 Å². The molecule has 128 valence electrons. The first-order valence-corrected chi connectivity index (χ1v) is 7.48. The molecule has 2 heterocycles. The number of aromatic nitrogens is 2. The molecule has 0 spiro atoms. The summed E-state index contributed by atoms with van der Waals surface area (Å²) in [6, 6.07) is 10.7. The van der Waals surface area contributed by atoms with Gasteiger partial charge in [0.05, 0.1) is 0 Å². The Labute approximate surface area is 140 Å². The number of halogens is 2. The monoisotopic (exact) mass is 346 g/mol. The number of hydrogen-bond acceptors (Lipinski definition) is 6. The number of rotatable bonds is 4. The number of benzene rings is 2. The van der Waals surface area contributed by atoms with E-state index in [1.807, 2.05) is 12.1 Å². The molecule has 1 aliphatic rings. The lowest BCUT2D eigenvalue weighted by Crippen LogP contribution is -2.21. The summed E-state index contributed by atoms with van der Waals surface area (Å²) in [7, 11) is 0. The zero-order valence-electron chi connectivity index (χ0n) is 12.8. The van der Waals surface area contributed by atoms with E-state index >= 15 is 0 Å². The van der Waals surface area contributed by atoms with Crippen molar-refractivity contribution in [1.82, 2.24) is 10.1 Å². The van der Waals surface area contributed by atoms with E-state index in [0.29, 0.717) is 11.5 Å². The van der Waals surface area contributed by atoms with E-state index in [1.165, 1.54) is 6.07 Å². The van der Waals surface area contributed by atoms with Crippen LogP contribution in [0.4, 0.5) is 8.78 Å². The van der Waals surface area contributed by atoms with Crippen LogP contribution in [0.25, 0.3) is 0 Å². The van der Waals surface area contributed by atoms with Crippen LogP contribution in [0.1, 0.15) is 17.8 Å². The molecular weight excluding hydrogens is 334 g/mol. The molecule has 2 aromatic carbocycles. The zero-order chi connectivity index (χ0) is 17.2. The third kappa shape index (κ3) is 3.10. The van der Waals surface area contributed by atoms with Crippen LogP contribution < -0.4 is 14.2 Å². The number of hydrogen-bond donors (Lipinski definition) is 0. The topological polar surface area (TPSA) is 66.6 Å². The van der Waals surface area contributed by atoms with Gasteiger partial charge in [0.15, 0.2) is 35.5 Å². The molecule has 0 radical (unpaired) electrons. The number of fused-ring (bicyclic) bond motifs is 1. The lowest BCUT2D eigenvalue weighted by molar-refractivity contribution is 0.0665. The highest BCUT2D eigenvalue weighted by Gasteiger charge is 2.27. The van der Waals surface area contributed by atoms with Crippen molar-refractivity contribution in [3.05, 3.63) is 65.8 Å². The number of ether oxygens (including phenoxy) is 3. The first kappa shape index (κ1) is 15.4. The smallest absolute Gasteiger partial charge is 0.271 e. The Hall–Kier alpha value is -3.16. The molecule has 0 aliphatic carbocycles. The van der Waals surface area contributed by atoms with Gasteiger partial charge in [0.25, 0.3) is 5.89 Å². The third-order valence-electron chi connectivity index (χ3n) is 3.53. The fraction of sp³-hybridized carbons (Fsp3) is 0.176. The molecule has 0 amide bonds. The normalized spacial score (nSPS) is 15.8. The van der Waals surface area contributed by atoms with Crippen molar-refractivity contribution < 1.29 is 27.5 Å². The molecular formula is C17H12F2N2O4. The van der Waals surface area contributed by atoms with Crippen molar-refractivity contribution >= 4 is 0 Å². The molecule has 25 heavy (non-hydrogen) atoms. The second-order valence-corrected chi connectivity index (χ2v) is 5.25. The van der Waals surface area contributed by atoms with Crippen LogP contribution in [-0.2, 0) is 6.61 Å². The minimum atomic E-state index is -0.802. The molecule has 1 atom stereocenters. The Morgan fingerprint density at radius 1 is 1.04 bits per heavy atom. The van der Waals surface area contributed by atoms with Crippen molar-refractivity contribution in [2.75, 3.05) is 6.61 Å². The lowest BCUT2D eigenvalue weighted by atomic mass is 10.2. The Morgan fingerprint density at radius 3 is 2.60 bits per heavy atom. The van der Waals surface area contributed by atoms with Gasteiger partial charge in [0.1, 0.15) is 6.61 Å². The molecule has 0 N–H and O–H groups in total. The van der Waals surface area contributed by atoms with Crippen LogP contribution in [0.15, 0.2) is 47.0 Å². The Balaban J connectivity index is 1.44. The van der Waals surface area contributed by atoms with Crippen LogP contribution in [0.2, 0.25) is 0 Å². The number of nitrogens with zero attached hydrogens (tertiary/aromatic N) is 2. The SMILES string of the molecule is Fc1cccc(F)c1OCc1noc([C@H]2COc3ccccc3O2)n1. The van der Waals surface area contributed by atoms with Gasteiger partial charge >= 0.3 is 0 Å². The molecule has 0 unspecified atom stereocenters. The van der Waals surface area contributed by atoms with Crippen molar-refractivity contribution in [3.8, 4) is 17.2 Å². The van der Waals surface area contributed by atoms with Crippen molar-refractivity contribution in [2.24, 2.45) is 0 Å². The van der Waals surface area contributed by atoms with Crippen LogP contribution in [0.3, 0.4) is 0 Å². The molecule has 1 aromatic heterocycles. The highest BCUT2D eigenvalue weighted by Crippen LogP contribution is 2.35. The van der Waals surface area contributed by atoms with Gasteiger partial charge in [-0.2, -0.15) is 4.98 Å². The average Bonchev–Trinajstić information content (AvgIpc) is 3.10. The molecule has 1 aliphatic heterocycles. The van der Waals surface area contributed by atoms with Gasteiger partial charge in [-0.05, 0) is 24.3 Å². The van der Waals surface area contributed by atoms with Crippen molar-refractivity contribution in [2.45, 2.75) is 12.7 Å². The van der Waals surface area contributed by atoms with Gasteiger partial charge in [0, 0.05) is 0 Å². The summed E-state index contributed by atoms with van der Waals surface area (Å²) in [5.74, 6) is -0.545. The fourth-order valence-electron chi connectivity index (χ4n) is 2.36. The molecule has 0 saturated carbocycles. The van der Waals surface area contributed by atoms with Crippen LogP contribution in [-0.4, -0.2) is 16.7 Å². The molecule has 0 fully saturated rings. The molecule has 4 rings (SSSR count). The van der Waals surface area contributed by atoms with Gasteiger partial charge in [0.2, 0.25) is 11.9 Å². The van der Waals surface area contributed by atoms with E-state index < -0.39 is 23.5 Å². The average molecular weight is 346 g/mol. The van der Waals surface area contributed by atoms with Gasteiger partial charge in [-0.25, -0.2) is 8.78 Å². The summed E-state index contributed by atoms with van der Waals surface area (Å²) >= 11 is 0. The summed E-state index contributed by atoms with van der Waals surface area (Å²) in [5, 5.41) is 3.73. The maximum atomic E-state index is 13.5. The molecule has 0 bridgehead atoms. The Kier molecular flexibility index (Phi) is 3.93. The minimum absolute atomic E-state index is 0.139. The lowest BCUT2D eigenvalue weighted by Gasteiger charge is -2.23. The summed E-state index contributed by atoms with van der Waals surface area (Å²) in [4.78, 5) is 4.13. The fourth-order valence-corrected chi connectivity index (χ4v) is 2.36. The Bertz CT molecular complexity index is 880. The molecule has 8 heteroatoms. The van der Waals surface area contributed by atoms with Crippen molar-refractivity contribution in [3.63, 3.8) is 0 Å². The van der Waals surface area contributed by atoms with E-state index in [9.17, 15) is 8.78 Å². The van der Waals surface area contributed by atoms with E-state index in [0.717, 1.165) is 12.1 Å². The maximum absolute atomic E-state index is 13.5. The summed E-state index contributed by atoms with van der Waals surface area (Å²) in [6.07, 6.45) is -0.568. The van der Waals surface area contributed by atoms with Gasteiger partial charge in [-0.3, -0.25) is 0 Å². The van der Waals surface area contributed by atoms with Crippen LogP contribution in [0.5, 0.6) is 17.2 Å². The molecule has 3 aromatic rings. The second kappa shape index (κ2) is 6.39. The minimum Gasteiger partial charge on any atom is -0.485 e. The van der Waals surface area contributed by atoms with Crippen molar-refractivity contribution in [1.29, 1.82) is 0 Å². The first-order valence-electron chi connectivity index (χ1n) is 7.48. The van der Waals surface area contributed by atoms with Crippen LogP contribution in [0, 0.1) is 11.6 Å².